The highest BCUT2D eigenvalue weighted by atomic mass is 15.1. The van der Waals surface area contributed by atoms with Gasteiger partial charge in [0, 0.05) is 29.2 Å². The molecule has 0 aliphatic heterocycles. The highest BCUT2D eigenvalue weighted by Gasteiger charge is 2.09. The molecular weight excluding hydrogens is 224 g/mol. The van der Waals surface area contributed by atoms with Crippen molar-refractivity contribution in [2.45, 2.75) is 13.5 Å². The molecule has 0 aliphatic rings. The second kappa shape index (κ2) is 4.23. The number of aromatic amines is 1. The number of H-pyrrole nitrogens is 1. The maximum absolute atomic E-state index is 5.71. The summed E-state index contributed by atoms with van der Waals surface area (Å²) >= 11 is 0. The summed E-state index contributed by atoms with van der Waals surface area (Å²) in [6.07, 6.45) is 1.96. The Morgan fingerprint density at radius 1 is 1.22 bits per heavy atom. The first-order valence-corrected chi connectivity index (χ1v) is 5.89. The number of rotatable bonds is 2. The highest BCUT2D eigenvalue weighted by molar-refractivity contribution is 5.94. The van der Waals surface area contributed by atoms with Crippen LogP contribution in [0.1, 0.15) is 11.3 Å². The maximum atomic E-state index is 5.71. The van der Waals surface area contributed by atoms with Crippen molar-refractivity contribution in [1.29, 1.82) is 0 Å². The van der Waals surface area contributed by atoms with Crippen molar-refractivity contribution in [1.82, 2.24) is 15.2 Å². The third kappa shape index (κ3) is 1.67. The lowest BCUT2D eigenvalue weighted by molar-refractivity contribution is 0.925. The molecule has 0 fully saturated rings. The average Bonchev–Trinajstić information content (AvgIpc) is 2.83. The van der Waals surface area contributed by atoms with Crippen molar-refractivity contribution in [2.75, 3.05) is 0 Å². The van der Waals surface area contributed by atoms with Gasteiger partial charge >= 0.3 is 0 Å². The first-order chi connectivity index (χ1) is 8.79. The van der Waals surface area contributed by atoms with Gasteiger partial charge in [-0.05, 0) is 24.6 Å². The maximum Gasteiger partial charge on any atom is 0.0954 e. The smallest absolute Gasteiger partial charge is 0.0954 e. The standard InChI is InChI=1S/C14H14N4/c1-9-10(7-15)6-14(18-17-9)12-8-16-13-5-3-2-4-11(12)13/h2-6,8,16H,7,15H2,1H3. The molecule has 4 heteroatoms. The van der Waals surface area contributed by atoms with Crippen LogP contribution in [-0.2, 0) is 6.54 Å². The lowest BCUT2D eigenvalue weighted by atomic mass is 10.1. The molecule has 4 nitrogen and oxygen atoms in total. The minimum Gasteiger partial charge on any atom is -0.360 e. The lowest BCUT2D eigenvalue weighted by Crippen LogP contribution is -2.03. The SMILES string of the molecule is Cc1nnc(-c2c[nH]c3ccccc23)cc1CN. The normalized spacial score (nSPS) is 11.0. The zero-order valence-electron chi connectivity index (χ0n) is 10.1. The van der Waals surface area contributed by atoms with Gasteiger partial charge in [0.1, 0.15) is 0 Å². The molecule has 3 aromatic rings. The van der Waals surface area contributed by atoms with E-state index in [0.717, 1.165) is 33.4 Å². The Balaban J connectivity index is 2.20. The molecular formula is C14H14N4. The van der Waals surface area contributed by atoms with Gasteiger partial charge in [0.05, 0.1) is 11.4 Å². The molecule has 0 unspecified atom stereocenters. The van der Waals surface area contributed by atoms with Crippen LogP contribution in [0.2, 0.25) is 0 Å². The third-order valence-corrected chi connectivity index (χ3v) is 3.17. The number of nitrogens with zero attached hydrogens (tertiary/aromatic N) is 2. The van der Waals surface area contributed by atoms with Crippen molar-refractivity contribution in [3.63, 3.8) is 0 Å². The van der Waals surface area contributed by atoms with Gasteiger partial charge in [-0.25, -0.2) is 0 Å². The van der Waals surface area contributed by atoms with Gasteiger partial charge in [-0.3, -0.25) is 0 Å². The molecule has 0 atom stereocenters. The molecule has 3 N–H and O–H groups in total. The fourth-order valence-corrected chi connectivity index (χ4v) is 2.11. The number of benzene rings is 1. The molecule has 0 aliphatic carbocycles. The summed E-state index contributed by atoms with van der Waals surface area (Å²) in [5.74, 6) is 0. The molecule has 0 radical (unpaired) electrons. The predicted molar refractivity (Wildman–Crippen MR) is 72.0 cm³/mol. The van der Waals surface area contributed by atoms with Gasteiger partial charge in [0.25, 0.3) is 0 Å². The summed E-state index contributed by atoms with van der Waals surface area (Å²) < 4.78 is 0. The van der Waals surface area contributed by atoms with E-state index in [1.54, 1.807) is 0 Å². The molecule has 0 saturated carbocycles. The van der Waals surface area contributed by atoms with Gasteiger partial charge in [0.2, 0.25) is 0 Å². The minimum atomic E-state index is 0.483. The van der Waals surface area contributed by atoms with Crippen LogP contribution in [0, 0.1) is 6.92 Å². The van der Waals surface area contributed by atoms with Gasteiger partial charge in [-0.15, -0.1) is 0 Å². The lowest BCUT2D eigenvalue weighted by Gasteiger charge is -2.04. The first-order valence-electron chi connectivity index (χ1n) is 5.89. The van der Waals surface area contributed by atoms with Crippen LogP contribution < -0.4 is 5.73 Å². The predicted octanol–water partition coefficient (Wildman–Crippen LogP) is 2.39. The van der Waals surface area contributed by atoms with Crippen LogP contribution in [0.3, 0.4) is 0 Å². The van der Waals surface area contributed by atoms with E-state index < -0.39 is 0 Å². The number of aromatic nitrogens is 3. The van der Waals surface area contributed by atoms with Crippen LogP contribution in [0.25, 0.3) is 22.2 Å². The Bertz CT molecular complexity index is 700. The Kier molecular flexibility index (Phi) is 2.57. The van der Waals surface area contributed by atoms with Crippen LogP contribution >= 0.6 is 0 Å². The monoisotopic (exact) mass is 238 g/mol. The molecule has 0 spiro atoms. The van der Waals surface area contributed by atoms with E-state index >= 15 is 0 Å². The van der Waals surface area contributed by atoms with Crippen LogP contribution in [0.15, 0.2) is 36.5 Å². The number of hydrogen-bond donors (Lipinski definition) is 2. The Labute approximate surface area is 105 Å². The van der Waals surface area contributed by atoms with Crippen LogP contribution in [0.4, 0.5) is 0 Å². The van der Waals surface area contributed by atoms with Gasteiger partial charge in [-0.1, -0.05) is 18.2 Å². The van der Waals surface area contributed by atoms with Crippen molar-refractivity contribution >= 4 is 10.9 Å². The molecule has 3 rings (SSSR count). The van der Waals surface area contributed by atoms with Crippen molar-refractivity contribution < 1.29 is 0 Å². The van der Waals surface area contributed by atoms with Gasteiger partial charge < -0.3 is 10.7 Å². The Morgan fingerprint density at radius 2 is 2.06 bits per heavy atom. The number of nitrogens with one attached hydrogen (secondary N) is 1. The topological polar surface area (TPSA) is 67.6 Å². The summed E-state index contributed by atoms with van der Waals surface area (Å²) in [4.78, 5) is 3.24. The summed E-state index contributed by atoms with van der Waals surface area (Å²) in [6, 6.07) is 10.2. The van der Waals surface area contributed by atoms with E-state index in [1.807, 2.05) is 37.4 Å². The summed E-state index contributed by atoms with van der Waals surface area (Å²) in [7, 11) is 0. The fraction of sp³-hybridized carbons (Fsp3) is 0.143. The average molecular weight is 238 g/mol. The molecule has 2 heterocycles. The molecule has 1 aromatic carbocycles. The van der Waals surface area contributed by atoms with Crippen LogP contribution in [-0.4, -0.2) is 15.2 Å². The number of aryl methyl sites for hydroxylation is 1. The van der Waals surface area contributed by atoms with E-state index in [-0.39, 0.29) is 0 Å². The molecule has 18 heavy (non-hydrogen) atoms. The van der Waals surface area contributed by atoms with Gasteiger partial charge in [0.15, 0.2) is 0 Å². The largest absolute Gasteiger partial charge is 0.360 e. The van der Waals surface area contributed by atoms with E-state index in [4.69, 9.17) is 5.73 Å². The Hall–Kier alpha value is -2.20. The summed E-state index contributed by atoms with van der Waals surface area (Å²) in [5.41, 5.74) is 10.7. The van der Waals surface area contributed by atoms with E-state index in [2.05, 4.69) is 21.2 Å². The summed E-state index contributed by atoms with van der Waals surface area (Å²) in [6.45, 7) is 2.41. The highest BCUT2D eigenvalue weighted by Crippen LogP contribution is 2.27. The fourth-order valence-electron chi connectivity index (χ4n) is 2.11. The molecule has 0 saturated heterocycles. The number of nitrogens with two attached hydrogens (primary N) is 1. The minimum absolute atomic E-state index is 0.483. The third-order valence-electron chi connectivity index (χ3n) is 3.17. The van der Waals surface area contributed by atoms with Crippen molar-refractivity contribution in [3.8, 4) is 11.3 Å². The second-order valence-corrected chi connectivity index (χ2v) is 4.29. The quantitative estimate of drug-likeness (QED) is 0.720. The summed E-state index contributed by atoms with van der Waals surface area (Å²) in [5, 5.41) is 9.57. The number of hydrogen-bond acceptors (Lipinski definition) is 3. The van der Waals surface area contributed by atoms with Crippen molar-refractivity contribution in [3.05, 3.63) is 47.8 Å². The van der Waals surface area contributed by atoms with E-state index in [0.29, 0.717) is 6.54 Å². The zero-order valence-corrected chi connectivity index (χ0v) is 10.1. The number of fused-ring (bicyclic) bond motifs is 1. The van der Waals surface area contributed by atoms with Gasteiger partial charge in [-0.2, -0.15) is 10.2 Å². The van der Waals surface area contributed by atoms with Crippen molar-refractivity contribution in [2.24, 2.45) is 5.73 Å². The Morgan fingerprint density at radius 3 is 2.89 bits per heavy atom. The molecule has 0 bridgehead atoms. The van der Waals surface area contributed by atoms with Crippen LogP contribution in [0.5, 0.6) is 0 Å². The molecule has 90 valence electrons. The van der Waals surface area contributed by atoms with E-state index in [1.165, 1.54) is 0 Å². The number of para-hydroxylation sites is 1. The first kappa shape index (κ1) is 10.9. The second-order valence-electron chi connectivity index (χ2n) is 4.29. The molecule has 0 amide bonds. The molecule has 2 aromatic heterocycles. The zero-order chi connectivity index (χ0) is 12.5. The van der Waals surface area contributed by atoms with E-state index in [9.17, 15) is 0 Å².